The molecule has 150 valence electrons. The number of carbonyl (C=O) groups is 2. The van der Waals surface area contributed by atoms with Crippen molar-refractivity contribution in [2.24, 2.45) is 0 Å². The van der Waals surface area contributed by atoms with E-state index >= 15 is 0 Å². The summed E-state index contributed by atoms with van der Waals surface area (Å²) in [5, 5.41) is 2.96. The monoisotopic (exact) mass is 380 g/mol. The Morgan fingerprint density at radius 1 is 0.857 bits per heavy atom. The van der Waals surface area contributed by atoms with Gasteiger partial charge in [-0.3, -0.25) is 14.5 Å². The molecule has 0 aliphatic heterocycles. The molecule has 0 heterocycles. The highest BCUT2D eigenvalue weighted by molar-refractivity contribution is 5.97. The lowest BCUT2D eigenvalue weighted by Crippen LogP contribution is -2.26. The molecule has 0 bridgehead atoms. The Balaban J connectivity index is 1.84. The van der Waals surface area contributed by atoms with E-state index in [1.54, 1.807) is 0 Å². The molecule has 0 aliphatic carbocycles. The third-order valence-electron chi connectivity index (χ3n) is 5.15. The molecule has 0 saturated heterocycles. The zero-order chi connectivity index (χ0) is 20.4. The lowest BCUT2D eigenvalue weighted by Gasteiger charge is -2.20. The van der Waals surface area contributed by atoms with E-state index < -0.39 is 0 Å². The largest absolute Gasteiger partial charge is 0.352 e. The third kappa shape index (κ3) is 6.61. The summed E-state index contributed by atoms with van der Waals surface area (Å²) in [4.78, 5) is 26.9. The van der Waals surface area contributed by atoms with Gasteiger partial charge in [0.25, 0.3) is 0 Å². The standard InChI is InChI=1S/C24H32N2O2/c1-4-19-11-13-20(14-12-19)23(27)15-16-24(28)25-17-21-9-7-8-10-22(21)18-26(5-2)6-3/h7-14H,4-6,15-18H2,1-3H3,(H,25,28). The fourth-order valence-electron chi connectivity index (χ4n) is 3.15. The Morgan fingerprint density at radius 2 is 1.50 bits per heavy atom. The summed E-state index contributed by atoms with van der Waals surface area (Å²) in [6, 6.07) is 15.8. The first-order valence-electron chi connectivity index (χ1n) is 10.2. The number of carbonyl (C=O) groups excluding carboxylic acids is 2. The number of benzene rings is 2. The molecule has 0 fully saturated rings. The molecule has 0 unspecified atom stereocenters. The first kappa shape index (κ1) is 21.8. The SMILES string of the molecule is CCc1ccc(C(=O)CCC(=O)NCc2ccccc2CN(CC)CC)cc1. The highest BCUT2D eigenvalue weighted by Gasteiger charge is 2.11. The van der Waals surface area contributed by atoms with Gasteiger partial charge in [-0.25, -0.2) is 0 Å². The van der Waals surface area contributed by atoms with Crippen molar-refractivity contribution < 1.29 is 9.59 Å². The Hall–Kier alpha value is -2.46. The van der Waals surface area contributed by atoms with Gasteiger partial charge in [-0.15, -0.1) is 0 Å². The molecule has 0 aliphatic rings. The minimum absolute atomic E-state index is 0.0136. The molecule has 4 heteroatoms. The predicted molar refractivity (Wildman–Crippen MR) is 114 cm³/mol. The molecule has 0 spiro atoms. The number of nitrogens with zero attached hydrogens (tertiary/aromatic N) is 1. The average Bonchev–Trinajstić information content (AvgIpc) is 2.75. The van der Waals surface area contributed by atoms with Crippen molar-refractivity contribution in [3.05, 3.63) is 70.8 Å². The molecule has 2 rings (SSSR count). The number of amides is 1. The van der Waals surface area contributed by atoms with E-state index in [0.29, 0.717) is 12.1 Å². The molecule has 28 heavy (non-hydrogen) atoms. The van der Waals surface area contributed by atoms with E-state index in [4.69, 9.17) is 0 Å². The van der Waals surface area contributed by atoms with Gasteiger partial charge in [-0.2, -0.15) is 0 Å². The van der Waals surface area contributed by atoms with Crippen LogP contribution < -0.4 is 5.32 Å². The molecule has 1 N–H and O–H groups in total. The number of aryl methyl sites for hydroxylation is 1. The Kier molecular flexibility index (Phi) is 8.89. The fraction of sp³-hybridized carbons (Fsp3) is 0.417. The van der Waals surface area contributed by atoms with Crippen molar-refractivity contribution in [1.82, 2.24) is 10.2 Å². The van der Waals surface area contributed by atoms with Gasteiger partial charge in [-0.05, 0) is 36.2 Å². The van der Waals surface area contributed by atoms with Gasteiger partial charge in [0.2, 0.25) is 5.91 Å². The molecule has 0 radical (unpaired) electrons. The predicted octanol–water partition coefficient (Wildman–Crippen LogP) is 4.37. The summed E-state index contributed by atoms with van der Waals surface area (Å²) in [5.41, 5.74) is 4.25. The first-order valence-corrected chi connectivity index (χ1v) is 10.2. The summed E-state index contributed by atoms with van der Waals surface area (Å²) >= 11 is 0. The quantitative estimate of drug-likeness (QED) is 0.589. The minimum atomic E-state index is -0.0869. The van der Waals surface area contributed by atoms with E-state index in [0.717, 1.165) is 31.6 Å². The van der Waals surface area contributed by atoms with Crippen LogP contribution in [0.2, 0.25) is 0 Å². The van der Waals surface area contributed by atoms with Gasteiger partial charge in [0, 0.05) is 31.5 Å². The van der Waals surface area contributed by atoms with Gasteiger partial charge in [0.1, 0.15) is 0 Å². The summed E-state index contributed by atoms with van der Waals surface area (Å²) in [5.74, 6) is -0.0732. The van der Waals surface area contributed by atoms with E-state index in [9.17, 15) is 9.59 Å². The van der Waals surface area contributed by atoms with Crippen LogP contribution >= 0.6 is 0 Å². The van der Waals surface area contributed by atoms with Gasteiger partial charge < -0.3 is 5.32 Å². The van der Waals surface area contributed by atoms with Crippen LogP contribution in [-0.2, 0) is 24.3 Å². The van der Waals surface area contributed by atoms with Crippen LogP contribution in [0.1, 0.15) is 60.7 Å². The number of hydrogen-bond acceptors (Lipinski definition) is 3. The number of hydrogen-bond donors (Lipinski definition) is 1. The second-order valence-electron chi connectivity index (χ2n) is 6.98. The third-order valence-corrected chi connectivity index (χ3v) is 5.15. The maximum atomic E-state index is 12.3. The minimum Gasteiger partial charge on any atom is -0.352 e. The number of rotatable bonds is 11. The molecule has 0 atom stereocenters. The van der Waals surface area contributed by atoms with Gasteiger partial charge in [0.05, 0.1) is 0 Å². The van der Waals surface area contributed by atoms with Crippen molar-refractivity contribution >= 4 is 11.7 Å². The molecule has 0 aromatic heterocycles. The molecule has 2 aromatic carbocycles. The first-order chi connectivity index (χ1) is 13.6. The Labute approximate surface area is 169 Å². The molecular formula is C24H32N2O2. The normalized spacial score (nSPS) is 10.9. The van der Waals surface area contributed by atoms with Crippen LogP contribution in [0.25, 0.3) is 0 Å². The van der Waals surface area contributed by atoms with E-state index in [1.165, 1.54) is 11.1 Å². The van der Waals surface area contributed by atoms with Gasteiger partial charge in [-0.1, -0.05) is 69.3 Å². The number of nitrogens with one attached hydrogen (secondary N) is 1. The lowest BCUT2D eigenvalue weighted by molar-refractivity contribution is -0.121. The lowest BCUT2D eigenvalue weighted by atomic mass is 10.0. The maximum absolute atomic E-state index is 12.3. The van der Waals surface area contributed by atoms with Crippen LogP contribution in [0.5, 0.6) is 0 Å². The van der Waals surface area contributed by atoms with E-state index in [2.05, 4.69) is 43.1 Å². The second kappa shape index (κ2) is 11.4. The molecule has 4 nitrogen and oxygen atoms in total. The smallest absolute Gasteiger partial charge is 0.220 e. The van der Waals surface area contributed by atoms with Crippen LogP contribution in [0, 0.1) is 0 Å². The van der Waals surface area contributed by atoms with E-state index in [-0.39, 0.29) is 24.5 Å². The topological polar surface area (TPSA) is 49.4 Å². The van der Waals surface area contributed by atoms with Crippen LogP contribution in [-0.4, -0.2) is 29.7 Å². The molecule has 0 saturated carbocycles. The highest BCUT2D eigenvalue weighted by atomic mass is 16.2. The number of ketones is 1. The fourth-order valence-corrected chi connectivity index (χ4v) is 3.15. The Bertz CT molecular complexity index is 764. The summed E-state index contributed by atoms with van der Waals surface area (Å²) in [7, 11) is 0. The summed E-state index contributed by atoms with van der Waals surface area (Å²) in [6.45, 7) is 9.76. The zero-order valence-electron chi connectivity index (χ0n) is 17.3. The van der Waals surface area contributed by atoms with Crippen LogP contribution in [0.3, 0.4) is 0 Å². The average molecular weight is 381 g/mol. The van der Waals surface area contributed by atoms with Crippen molar-refractivity contribution in [3.8, 4) is 0 Å². The van der Waals surface area contributed by atoms with Crippen molar-refractivity contribution in [2.45, 2.75) is 53.1 Å². The molecule has 2 aromatic rings. The van der Waals surface area contributed by atoms with Crippen LogP contribution in [0.15, 0.2) is 48.5 Å². The number of Topliss-reactive ketones (excluding diaryl/α,β-unsaturated/α-hetero) is 1. The van der Waals surface area contributed by atoms with Crippen LogP contribution in [0.4, 0.5) is 0 Å². The maximum Gasteiger partial charge on any atom is 0.220 e. The molecule has 1 amide bonds. The zero-order valence-corrected chi connectivity index (χ0v) is 17.3. The van der Waals surface area contributed by atoms with Crippen molar-refractivity contribution in [1.29, 1.82) is 0 Å². The van der Waals surface area contributed by atoms with Crippen molar-refractivity contribution in [2.75, 3.05) is 13.1 Å². The van der Waals surface area contributed by atoms with Gasteiger partial charge >= 0.3 is 0 Å². The van der Waals surface area contributed by atoms with Gasteiger partial charge in [0.15, 0.2) is 5.78 Å². The van der Waals surface area contributed by atoms with E-state index in [1.807, 2.05) is 36.4 Å². The highest BCUT2D eigenvalue weighted by Crippen LogP contribution is 2.12. The second-order valence-corrected chi connectivity index (χ2v) is 6.98. The Morgan fingerprint density at radius 3 is 2.11 bits per heavy atom. The summed E-state index contributed by atoms with van der Waals surface area (Å²) in [6.07, 6.45) is 1.40. The molecular weight excluding hydrogens is 348 g/mol. The summed E-state index contributed by atoms with van der Waals surface area (Å²) < 4.78 is 0. The van der Waals surface area contributed by atoms with Crippen molar-refractivity contribution in [3.63, 3.8) is 0 Å².